The molecule has 1 unspecified atom stereocenters. The first kappa shape index (κ1) is 13.4. The molecule has 18 heavy (non-hydrogen) atoms. The second kappa shape index (κ2) is 5.76. The number of piperidine rings is 1. The first-order chi connectivity index (χ1) is 8.58. The molecule has 0 aliphatic carbocycles. The molecule has 0 radical (unpaired) electrons. The highest BCUT2D eigenvalue weighted by Gasteiger charge is 2.24. The minimum atomic E-state index is 0.101. The number of benzene rings is 1. The van der Waals surface area contributed by atoms with Gasteiger partial charge in [-0.2, -0.15) is 0 Å². The van der Waals surface area contributed by atoms with Crippen LogP contribution in [0.2, 0.25) is 0 Å². The van der Waals surface area contributed by atoms with E-state index in [-0.39, 0.29) is 5.91 Å². The third-order valence-corrected chi connectivity index (χ3v) is 3.88. The van der Waals surface area contributed by atoms with Gasteiger partial charge in [-0.25, -0.2) is 0 Å². The van der Waals surface area contributed by atoms with E-state index in [9.17, 15) is 4.79 Å². The molecule has 0 spiro atoms. The van der Waals surface area contributed by atoms with E-state index >= 15 is 0 Å². The summed E-state index contributed by atoms with van der Waals surface area (Å²) in [4.78, 5) is 17.4. The zero-order valence-corrected chi connectivity index (χ0v) is 11.9. The van der Waals surface area contributed by atoms with Crippen molar-refractivity contribution in [2.75, 3.05) is 27.2 Å². The van der Waals surface area contributed by atoms with Gasteiger partial charge in [0, 0.05) is 30.1 Å². The van der Waals surface area contributed by atoms with Gasteiger partial charge in [0.2, 0.25) is 0 Å². The normalized spacial score (nSPS) is 20.7. The lowest BCUT2D eigenvalue weighted by Crippen LogP contribution is -2.47. The van der Waals surface area contributed by atoms with Crippen LogP contribution in [0.15, 0.2) is 29.2 Å². The molecule has 1 aromatic rings. The molecular formula is C14H20N2OS. The van der Waals surface area contributed by atoms with Crippen LogP contribution in [0.4, 0.5) is 0 Å². The molecule has 1 atom stereocenters. The van der Waals surface area contributed by atoms with Crippen LogP contribution in [0.1, 0.15) is 23.2 Å². The molecule has 4 heteroatoms. The van der Waals surface area contributed by atoms with Crippen molar-refractivity contribution in [2.45, 2.75) is 23.8 Å². The molecule has 2 rings (SSSR count). The van der Waals surface area contributed by atoms with Crippen LogP contribution < -0.4 is 0 Å². The molecule has 1 fully saturated rings. The maximum Gasteiger partial charge on any atom is 0.253 e. The Kier molecular flexibility index (Phi) is 4.30. The van der Waals surface area contributed by atoms with Gasteiger partial charge in [0.15, 0.2) is 0 Å². The summed E-state index contributed by atoms with van der Waals surface area (Å²) in [6.45, 7) is 2.10. The van der Waals surface area contributed by atoms with E-state index in [0.29, 0.717) is 6.04 Å². The summed E-state index contributed by atoms with van der Waals surface area (Å²) in [5, 5.41) is 0. The van der Waals surface area contributed by atoms with Crippen molar-refractivity contribution in [3.63, 3.8) is 0 Å². The first-order valence-corrected chi connectivity index (χ1v) is 6.77. The molecule has 0 bridgehead atoms. The Morgan fingerprint density at radius 3 is 2.67 bits per heavy atom. The molecule has 1 heterocycles. The summed E-state index contributed by atoms with van der Waals surface area (Å²) in [6, 6.07) is 7.72. The van der Waals surface area contributed by atoms with Crippen molar-refractivity contribution < 1.29 is 4.79 Å². The van der Waals surface area contributed by atoms with Crippen molar-refractivity contribution >= 4 is 18.5 Å². The number of amides is 1. The maximum atomic E-state index is 12.3. The van der Waals surface area contributed by atoms with Gasteiger partial charge in [-0.1, -0.05) is 0 Å². The highest BCUT2D eigenvalue weighted by molar-refractivity contribution is 7.80. The third kappa shape index (κ3) is 3.06. The van der Waals surface area contributed by atoms with Crippen LogP contribution in [0.25, 0.3) is 0 Å². The number of nitrogens with zero attached hydrogens (tertiary/aromatic N) is 2. The smallest absolute Gasteiger partial charge is 0.253 e. The number of hydrogen-bond acceptors (Lipinski definition) is 3. The molecule has 1 amide bonds. The fourth-order valence-corrected chi connectivity index (χ4v) is 2.58. The lowest BCUT2D eigenvalue weighted by atomic mass is 10.0. The monoisotopic (exact) mass is 264 g/mol. The molecule has 0 saturated carbocycles. The topological polar surface area (TPSA) is 23.6 Å². The predicted octanol–water partition coefficient (Wildman–Crippen LogP) is 2.14. The van der Waals surface area contributed by atoms with Crippen molar-refractivity contribution in [1.82, 2.24) is 9.80 Å². The Bertz CT molecular complexity index is 418. The van der Waals surface area contributed by atoms with Gasteiger partial charge in [0.1, 0.15) is 0 Å². The summed E-state index contributed by atoms with van der Waals surface area (Å²) >= 11 is 4.23. The van der Waals surface area contributed by atoms with E-state index in [1.165, 1.54) is 0 Å². The van der Waals surface area contributed by atoms with Crippen LogP contribution in [0.3, 0.4) is 0 Å². The van der Waals surface area contributed by atoms with Gasteiger partial charge in [0.25, 0.3) is 5.91 Å². The quantitative estimate of drug-likeness (QED) is 0.827. The fourth-order valence-electron chi connectivity index (χ4n) is 2.43. The number of rotatable bonds is 2. The Morgan fingerprint density at radius 1 is 1.39 bits per heavy atom. The average Bonchev–Trinajstić information content (AvgIpc) is 2.38. The second-order valence-corrected chi connectivity index (χ2v) is 5.54. The Balaban J connectivity index is 2.06. The molecule has 0 N–H and O–H groups in total. The van der Waals surface area contributed by atoms with Gasteiger partial charge in [0.05, 0.1) is 0 Å². The summed E-state index contributed by atoms with van der Waals surface area (Å²) in [5.74, 6) is 0.101. The number of likely N-dealkylation sites (tertiary alicyclic amines) is 1. The van der Waals surface area contributed by atoms with Crippen LogP contribution in [-0.4, -0.2) is 48.9 Å². The molecule has 0 aromatic heterocycles. The Morgan fingerprint density at radius 2 is 2.06 bits per heavy atom. The number of carbonyl (C=O) groups excluding carboxylic acids is 1. The zero-order valence-electron chi connectivity index (χ0n) is 11.0. The van der Waals surface area contributed by atoms with Crippen molar-refractivity contribution in [3.05, 3.63) is 29.8 Å². The average molecular weight is 264 g/mol. The van der Waals surface area contributed by atoms with Gasteiger partial charge >= 0.3 is 0 Å². The second-order valence-electron chi connectivity index (χ2n) is 5.02. The van der Waals surface area contributed by atoms with Crippen molar-refractivity contribution in [1.29, 1.82) is 0 Å². The molecular weight excluding hydrogens is 244 g/mol. The van der Waals surface area contributed by atoms with Crippen LogP contribution in [0, 0.1) is 0 Å². The van der Waals surface area contributed by atoms with E-state index in [0.717, 1.165) is 36.4 Å². The zero-order chi connectivity index (χ0) is 13.1. The lowest BCUT2D eigenvalue weighted by Gasteiger charge is -2.35. The number of likely N-dealkylation sites (N-methyl/N-ethyl adjacent to an activating group) is 2. The van der Waals surface area contributed by atoms with Crippen LogP contribution >= 0.6 is 12.6 Å². The van der Waals surface area contributed by atoms with Gasteiger partial charge in [-0.3, -0.25) is 4.79 Å². The van der Waals surface area contributed by atoms with Crippen LogP contribution in [-0.2, 0) is 0 Å². The summed E-state index contributed by atoms with van der Waals surface area (Å²) < 4.78 is 0. The van der Waals surface area contributed by atoms with E-state index in [2.05, 4.69) is 24.6 Å². The molecule has 98 valence electrons. The SMILES string of the molecule is CN1CCCC(N(C)C(=O)c2ccc(S)cc2)C1. The van der Waals surface area contributed by atoms with E-state index in [1.54, 1.807) is 0 Å². The van der Waals surface area contributed by atoms with Crippen molar-refractivity contribution in [2.24, 2.45) is 0 Å². The van der Waals surface area contributed by atoms with E-state index < -0.39 is 0 Å². The first-order valence-electron chi connectivity index (χ1n) is 6.32. The van der Waals surface area contributed by atoms with E-state index in [1.807, 2.05) is 36.2 Å². The van der Waals surface area contributed by atoms with Gasteiger partial charge in [-0.15, -0.1) is 12.6 Å². The maximum absolute atomic E-state index is 12.3. The summed E-state index contributed by atoms with van der Waals surface area (Å²) in [5.41, 5.74) is 0.739. The highest BCUT2D eigenvalue weighted by Crippen LogP contribution is 2.16. The highest BCUT2D eigenvalue weighted by atomic mass is 32.1. The summed E-state index contributed by atoms with van der Waals surface area (Å²) in [6.07, 6.45) is 2.26. The molecule has 1 aliphatic heterocycles. The number of carbonyl (C=O) groups is 1. The Hall–Kier alpha value is -1.00. The predicted molar refractivity (Wildman–Crippen MR) is 76.3 cm³/mol. The minimum Gasteiger partial charge on any atom is -0.337 e. The Labute approximate surface area is 114 Å². The number of hydrogen-bond donors (Lipinski definition) is 1. The molecule has 1 saturated heterocycles. The minimum absolute atomic E-state index is 0.101. The molecule has 1 aliphatic rings. The van der Waals surface area contributed by atoms with Gasteiger partial charge < -0.3 is 9.80 Å². The standard InChI is InChI=1S/C14H20N2OS/c1-15-9-3-4-12(10-15)16(2)14(17)11-5-7-13(18)8-6-11/h5-8,12,18H,3-4,9-10H2,1-2H3. The lowest BCUT2D eigenvalue weighted by molar-refractivity contribution is 0.0644. The molecule has 3 nitrogen and oxygen atoms in total. The summed E-state index contributed by atoms with van der Waals surface area (Å²) in [7, 11) is 4.01. The number of thiol groups is 1. The largest absolute Gasteiger partial charge is 0.337 e. The van der Waals surface area contributed by atoms with E-state index in [4.69, 9.17) is 0 Å². The van der Waals surface area contributed by atoms with Crippen LogP contribution in [0.5, 0.6) is 0 Å². The molecule has 1 aromatic carbocycles. The third-order valence-electron chi connectivity index (χ3n) is 3.58. The van der Waals surface area contributed by atoms with Crippen molar-refractivity contribution in [3.8, 4) is 0 Å². The van der Waals surface area contributed by atoms with Gasteiger partial charge in [-0.05, 0) is 50.7 Å². The fraction of sp³-hybridized carbons (Fsp3) is 0.500.